The number of hydrogen-bond donors (Lipinski definition) is 1. The molecule has 1 unspecified atom stereocenters. The number of benzene rings is 1. The summed E-state index contributed by atoms with van der Waals surface area (Å²) in [5.74, 6) is 0.517. The van der Waals surface area contributed by atoms with E-state index < -0.39 is 6.04 Å². The van der Waals surface area contributed by atoms with Crippen LogP contribution in [-0.4, -0.2) is 40.1 Å². The highest BCUT2D eigenvalue weighted by molar-refractivity contribution is 5.84. The molecule has 136 valence electrons. The van der Waals surface area contributed by atoms with Gasteiger partial charge in [0.15, 0.2) is 0 Å². The predicted molar refractivity (Wildman–Crippen MR) is 94.5 cm³/mol. The van der Waals surface area contributed by atoms with Crippen molar-refractivity contribution in [1.29, 1.82) is 0 Å². The van der Waals surface area contributed by atoms with E-state index in [2.05, 4.69) is 22.4 Å². The van der Waals surface area contributed by atoms with Gasteiger partial charge in [-0.2, -0.15) is 0 Å². The number of amides is 1. The number of aromatic nitrogens is 2. The molecule has 0 aliphatic carbocycles. The molecular weight excluding hydrogens is 323 g/mol. The highest BCUT2D eigenvalue weighted by Gasteiger charge is 2.27. The third-order valence-electron chi connectivity index (χ3n) is 3.96. The minimum atomic E-state index is -0.443. The largest absolute Gasteiger partial charge is 0.403 e. The molecule has 0 saturated carbocycles. The van der Waals surface area contributed by atoms with Crippen molar-refractivity contribution < 1.29 is 13.6 Å². The quantitative estimate of drug-likeness (QED) is 0.914. The maximum absolute atomic E-state index is 12.9. The smallest absolute Gasteiger partial charge is 0.316 e. The SMILES string of the molecule is CC.CC1CCN(C(=O)[C@@H](C)Nc2nnc(-c3ccc(F)cc3)o2)C1. The Balaban J connectivity index is 0.00000109. The van der Waals surface area contributed by atoms with E-state index in [-0.39, 0.29) is 23.6 Å². The second-order valence-electron chi connectivity index (χ2n) is 5.96. The van der Waals surface area contributed by atoms with Gasteiger partial charge in [-0.1, -0.05) is 25.9 Å². The molecule has 1 aromatic heterocycles. The van der Waals surface area contributed by atoms with Crippen LogP contribution in [0, 0.1) is 11.7 Å². The Morgan fingerprint density at radius 3 is 2.60 bits per heavy atom. The molecule has 0 spiro atoms. The van der Waals surface area contributed by atoms with E-state index >= 15 is 0 Å². The van der Waals surface area contributed by atoms with Gasteiger partial charge in [0.1, 0.15) is 11.9 Å². The molecule has 3 rings (SSSR count). The second kappa shape index (κ2) is 8.60. The Morgan fingerprint density at radius 1 is 1.32 bits per heavy atom. The van der Waals surface area contributed by atoms with Gasteiger partial charge >= 0.3 is 6.01 Å². The van der Waals surface area contributed by atoms with Gasteiger partial charge in [-0.05, 0) is 43.5 Å². The van der Waals surface area contributed by atoms with Crippen molar-refractivity contribution in [1.82, 2.24) is 15.1 Å². The van der Waals surface area contributed by atoms with Crippen molar-refractivity contribution in [3.63, 3.8) is 0 Å². The Bertz CT molecular complexity index is 687. The van der Waals surface area contributed by atoms with Gasteiger partial charge in [-0.3, -0.25) is 4.79 Å². The summed E-state index contributed by atoms with van der Waals surface area (Å²) in [5.41, 5.74) is 0.624. The van der Waals surface area contributed by atoms with Crippen LogP contribution in [0.2, 0.25) is 0 Å². The van der Waals surface area contributed by atoms with Gasteiger partial charge in [0.2, 0.25) is 11.8 Å². The Morgan fingerprint density at radius 2 is 2.00 bits per heavy atom. The minimum Gasteiger partial charge on any atom is -0.403 e. The van der Waals surface area contributed by atoms with Crippen molar-refractivity contribution in [2.75, 3.05) is 18.4 Å². The Kier molecular flexibility index (Phi) is 6.50. The van der Waals surface area contributed by atoms with E-state index in [9.17, 15) is 9.18 Å². The van der Waals surface area contributed by atoms with Crippen molar-refractivity contribution in [2.45, 2.75) is 40.2 Å². The standard InChI is InChI=1S/C16H19FN4O2.C2H6/c1-10-7-8-21(9-10)15(22)11(2)18-16-20-19-14(23-16)12-3-5-13(17)6-4-12;1-2/h3-6,10-11H,7-9H2,1-2H3,(H,18,20);1-2H3/t10?,11-;/m1./s1. The number of anilines is 1. The molecule has 2 aromatic rings. The monoisotopic (exact) mass is 348 g/mol. The summed E-state index contributed by atoms with van der Waals surface area (Å²) in [4.78, 5) is 14.2. The van der Waals surface area contributed by atoms with Crippen LogP contribution in [0.5, 0.6) is 0 Å². The third-order valence-corrected chi connectivity index (χ3v) is 3.96. The summed E-state index contributed by atoms with van der Waals surface area (Å²) < 4.78 is 18.4. The predicted octanol–water partition coefficient (Wildman–Crippen LogP) is 3.57. The maximum atomic E-state index is 12.9. The molecule has 1 saturated heterocycles. The molecule has 0 bridgehead atoms. The first-order chi connectivity index (χ1) is 12.0. The molecule has 1 aromatic carbocycles. The molecule has 1 N–H and O–H groups in total. The van der Waals surface area contributed by atoms with Crippen molar-refractivity contribution in [3.05, 3.63) is 30.1 Å². The van der Waals surface area contributed by atoms with Crippen LogP contribution in [0.25, 0.3) is 11.5 Å². The Hall–Kier alpha value is -2.44. The van der Waals surface area contributed by atoms with Crippen molar-refractivity contribution in [3.8, 4) is 11.5 Å². The fraction of sp³-hybridized carbons (Fsp3) is 0.500. The van der Waals surface area contributed by atoms with Crippen LogP contribution in [0.1, 0.15) is 34.1 Å². The van der Waals surface area contributed by atoms with Gasteiger partial charge in [0, 0.05) is 18.7 Å². The molecule has 1 fully saturated rings. The molecule has 6 nitrogen and oxygen atoms in total. The summed E-state index contributed by atoms with van der Waals surface area (Å²) in [5, 5.41) is 10.7. The first-order valence-electron chi connectivity index (χ1n) is 8.67. The third kappa shape index (κ3) is 4.78. The topological polar surface area (TPSA) is 71.3 Å². The average molecular weight is 348 g/mol. The molecular formula is C18H25FN4O2. The minimum absolute atomic E-state index is 0.0240. The van der Waals surface area contributed by atoms with E-state index in [1.54, 1.807) is 19.1 Å². The van der Waals surface area contributed by atoms with Crippen molar-refractivity contribution >= 4 is 11.9 Å². The first-order valence-corrected chi connectivity index (χ1v) is 8.67. The molecule has 0 radical (unpaired) electrons. The van der Waals surface area contributed by atoms with E-state index in [1.807, 2.05) is 18.7 Å². The zero-order valence-corrected chi connectivity index (χ0v) is 15.1. The van der Waals surface area contributed by atoms with E-state index in [1.165, 1.54) is 12.1 Å². The highest BCUT2D eigenvalue weighted by Crippen LogP contribution is 2.21. The second-order valence-corrected chi connectivity index (χ2v) is 5.96. The normalized spacial score (nSPS) is 17.6. The Labute approximate surface area is 147 Å². The highest BCUT2D eigenvalue weighted by atomic mass is 19.1. The van der Waals surface area contributed by atoms with Crippen molar-refractivity contribution in [2.24, 2.45) is 5.92 Å². The summed E-state index contributed by atoms with van der Waals surface area (Å²) in [7, 11) is 0. The van der Waals surface area contributed by atoms with Gasteiger partial charge < -0.3 is 14.6 Å². The molecule has 1 aliphatic heterocycles. The van der Waals surface area contributed by atoms with Gasteiger partial charge in [-0.25, -0.2) is 4.39 Å². The van der Waals surface area contributed by atoms with Gasteiger partial charge in [-0.15, -0.1) is 5.10 Å². The zero-order chi connectivity index (χ0) is 18.4. The van der Waals surface area contributed by atoms with Crippen LogP contribution >= 0.6 is 0 Å². The van der Waals surface area contributed by atoms with Gasteiger partial charge in [0.05, 0.1) is 0 Å². The lowest BCUT2D eigenvalue weighted by Crippen LogP contribution is -2.40. The van der Waals surface area contributed by atoms with Crippen LogP contribution in [0.3, 0.4) is 0 Å². The number of carbonyl (C=O) groups excluding carboxylic acids is 1. The molecule has 1 aliphatic rings. The lowest BCUT2D eigenvalue weighted by atomic mass is 10.2. The van der Waals surface area contributed by atoms with Crippen LogP contribution < -0.4 is 5.32 Å². The lowest BCUT2D eigenvalue weighted by molar-refractivity contribution is -0.130. The number of likely N-dealkylation sites (tertiary alicyclic amines) is 1. The number of hydrogen-bond acceptors (Lipinski definition) is 5. The molecule has 2 atom stereocenters. The van der Waals surface area contributed by atoms with E-state index in [0.29, 0.717) is 11.5 Å². The van der Waals surface area contributed by atoms with Gasteiger partial charge in [0.25, 0.3) is 0 Å². The van der Waals surface area contributed by atoms with Crippen LogP contribution in [0.4, 0.5) is 10.4 Å². The summed E-state index contributed by atoms with van der Waals surface area (Å²) in [6.45, 7) is 9.48. The number of nitrogens with one attached hydrogen (secondary N) is 1. The summed E-state index contributed by atoms with van der Waals surface area (Å²) in [6.07, 6.45) is 1.04. The first kappa shape index (κ1) is 18.9. The van der Waals surface area contributed by atoms with E-state index in [4.69, 9.17) is 4.42 Å². The fourth-order valence-corrected chi connectivity index (χ4v) is 2.65. The summed E-state index contributed by atoms with van der Waals surface area (Å²) in [6, 6.07) is 5.51. The number of carbonyl (C=O) groups is 1. The van der Waals surface area contributed by atoms with E-state index in [0.717, 1.165) is 19.5 Å². The molecule has 1 amide bonds. The summed E-state index contributed by atoms with van der Waals surface area (Å²) >= 11 is 0. The zero-order valence-electron chi connectivity index (χ0n) is 15.1. The van der Waals surface area contributed by atoms with Crippen LogP contribution in [-0.2, 0) is 4.79 Å². The number of rotatable bonds is 4. The number of halogens is 1. The molecule has 2 heterocycles. The number of nitrogens with zero attached hydrogens (tertiary/aromatic N) is 3. The molecule has 7 heteroatoms. The molecule has 25 heavy (non-hydrogen) atoms. The lowest BCUT2D eigenvalue weighted by Gasteiger charge is -2.20. The average Bonchev–Trinajstić information content (AvgIpc) is 3.26. The fourth-order valence-electron chi connectivity index (χ4n) is 2.65. The van der Waals surface area contributed by atoms with Crippen LogP contribution in [0.15, 0.2) is 28.7 Å². The maximum Gasteiger partial charge on any atom is 0.316 e.